The second-order valence-electron chi connectivity index (χ2n) is 5.60. The molecule has 1 aliphatic carbocycles. The minimum atomic E-state index is -0.711. The van der Waals surface area contributed by atoms with Crippen LogP contribution in [0, 0.1) is 25.6 Å². The lowest BCUT2D eigenvalue weighted by molar-refractivity contribution is 0.0994. The van der Waals surface area contributed by atoms with Gasteiger partial charge in [0, 0.05) is 17.1 Å². The van der Waals surface area contributed by atoms with Crippen molar-refractivity contribution in [2.24, 2.45) is 10.9 Å². The minimum absolute atomic E-state index is 0.0644. The molecule has 1 aliphatic rings. The maximum Gasteiger partial charge on any atom is 0.282 e. The van der Waals surface area contributed by atoms with Gasteiger partial charge in [0.1, 0.15) is 0 Å². The SMILES string of the molecule is Cc1sc(=NC(=O)c2cccc(Cl)c2F)n(CC2CC2)c1C. The molecule has 0 aliphatic heterocycles. The third-order valence-corrected chi connectivity index (χ3v) is 5.29. The van der Waals surface area contributed by atoms with Crippen LogP contribution in [-0.4, -0.2) is 10.5 Å². The van der Waals surface area contributed by atoms with Crippen LogP contribution in [0.3, 0.4) is 0 Å². The molecule has 1 amide bonds. The Labute approximate surface area is 137 Å². The van der Waals surface area contributed by atoms with E-state index in [1.54, 1.807) is 6.07 Å². The van der Waals surface area contributed by atoms with Crippen LogP contribution in [-0.2, 0) is 6.54 Å². The monoisotopic (exact) mass is 338 g/mol. The largest absolute Gasteiger partial charge is 0.320 e. The summed E-state index contributed by atoms with van der Waals surface area (Å²) in [5, 5.41) is -0.0644. The maximum absolute atomic E-state index is 13.9. The zero-order valence-electron chi connectivity index (χ0n) is 12.4. The van der Waals surface area contributed by atoms with Crippen LogP contribution in [0.25, 0.3) is 0 Å². The molecule has 0 spiro atoms. The van der Waals surface area contributed by atoms with Crippen LogP contribution < -0.4 is 4.80 Å². The molecule has 22 heavy (non-hydrogen) atoms. The van der Waals surface area contributed by atoms with E-state index in [0.29, 0.717) is 10.7 Å². The van der Waals surface area contributed by atoms with Crippen LogP contribution in [0.5, 0.6) is 0 Å². The summed E-state index contributed by atoms with van der Waals surface area (Å²) in [6, 6.07) is 4.38. The Morgan fingerprint density at radius 2 is 2.18 bits per heavy atom. The summed E-state index contributed by atoms with van der Waals surface area (Å²) in [5.41, 5.74) is 1.03. The van der Waals surface area contributed by atoms with E-state index in [0.717, 1.165) is 17.1 Å². The van der Waals surface area contributed by atoms with E-state index in [1.807, 2.05) is 13.8 Å². The van der Waals surface area contributed by atoms with E-state index < -0.39 is 11.7 Å². The minimum Gasteiger partial charge on any atom is -0.320 e. The fraction of sp³-hybridized carbons (Fsp3) is 0.375. The Hall–Kier alpha value is -1.46. The van der Waals surface area contributed by atoms with Gasteiger partial charge in [0.15, 0.2) is 10.6 Å². The van der Waals surface area contributed by atoms with Gasteiger partial charge in [0.05, 0.1) is 10.6 Å². The summed E-state index contributed by atoms with van der Waals surface area (Å²) in [6.07, 6.45) is 2.44. The van der Waals surface area contributed by atoms with Gasteiger partial charge in [-0.05, 0) is 44.7 Å². The van der Waals surface area contributed by atoms with Crippen LogP contribution >= 0.6 is 22.9 Å². The Morgan fingerprint density at radius 1 is 1.45 bits per heavy atom. The van der Waals surface area contributed by atoms with Gasteiger partial charge < -0.3 is 4.57 Å². The smallest absolute Gasteiger partial charge is 0.282 e. The lowest BCUT2D eigenvalue weighted by atomic mass is 10.2. The van der Waals surface area contributed by atoms with Gasteiger partial charge in [0.2, 0.25) is 0 Å². The summed E-state index contributed by atoms with van der Waals surface area (Å²) in [6.45, 7) is 4.91. The highest BCUT2D eigenvalue weighted by molar-refractivity contribution is 7.09. The van der Waals surface area contributed by atoms with Gasteiger partial charge in [0.25, 0.3) is 5.91 Å². The number of benzene rings is 1. The number of thiazole rings is 1. The first-order valence-corrected chi connectivity index (χ1v) is 8.36. The molecule has 0 saturated heterocycles. The predicted octanol–water partition coefficient (Wildman–Crippen LogP) is 4.11. The van der Waals surface area contributed by atoms with Crippen LogP contribution in [0.4, 0.5) is 4.39 Å². The molecule has 0 radical (unpaired) electrons. The number of halogens is 2. The van der Waals surface area contributed by atoms with Gasteiger partial charge >= 0.3 is 0 Å². The van der Waals surface area contributed by atoms with Crippen molar-refractivity contribution in [1.82, 2.24) is 4.57 Å². The molecule has 0 unspecified atom stereocenters. The number of nitrogens with zero attached hydrogens (tertiary/aromatic N) is 2. The standard InChI is InChI=1S/C16H16ClFN2OS/c1-9-10(2)22-16(20(9)8-11-6-7-11)19-15(21)12-4-3-5-13(17)14(12)18/h3-5,11H,6-8H2,1-2H3. The first-order chi connectivity index (χ1) is 10.5. The van der Waals surface area contributed by atoms with Crippen molar-refractivity contribution in [2.75, 3.05) is 0 Å². The van der Waals surface area contributed by atoms with Crippen molar-refractivity contribution < 1.29 is 9.18 Å². The summed E-state index contributed by atoms with van der Waals surface area (Å²) < 4.78 is 16.0. The Kier molecular flexibility index (Phi) is 4.19. The predicted molar refractivity (Wildman–Crippen MR) is 85.8 cm³/mol. The molecule has 1 aromatic carbocycles. The number of carbonyl (C=O) groups is 1. The average Bonchev–Trinajstić information content (AvgIpc) is 3.25. The van der Waals surface area contributed by atoms with Gasteiger partial charge in [-0.2, -0.15) is 4.99 Å². The van der Waals surface area contributed by atoms with Crippen molar-refractivity contribution >= 4 is 28.8 Å². The van der Waals surface area contributed by atoms with Crippen LogP contribution in [0.15, 0.2) is 23.2 Å². The van der Waals surface area contributed by atoms with Gasteiger partial charge in [-0.3, -0.25) is 4.79 Å². The highest BCUT2D eigenvalue weighted by Gasteiger charge is 2.23. The average molecular weight is 339 g/mol. The van der Waals surface area contributed by atoms with Crippen molar-refractivity contribution in [3.8, 4) is 0 Å². The molecular weight excluding hydrogens is 323 g/mol. The van der Waals surface area contributed by atoms with E-state index in [-0.39, 0.29) is 10.6 Å². The Morgan fingerprint density at radius 3 is 2.86 bits per heavy atom. The molecule has 3 nitrogen and oxygen atoms in total. The molecule has 6 heteroatoms. The Bertz CT molecular complexity index is 805. The summed E-state index contributed by atoms with van der Waals surface area (Å²) in [4.78, 5) is 18.2. The number of aromatic nitrogens is 1. The third-order valence-electron chi connectivity index (χ3n) is 3.91. The molecule has 1 fully saturated rings. The van der Waals surface area contributed by atoms with E-state index in [4.69, 9.17) is 11.6 Å². The number of aryl methyl sites for hydroxylation is 1. The maximum atomic E-state index is 13.9. The highest BCUT2D eigenvalue weighted by Crippen LogP contribution is 2.31. The third kappa shape index (κ3) is 3.01. The zero-order chi connectivity index (χ0) is 15.9. The first kappa shape index (κ1) is 15.4. The molecule has 0 atom stereocenters. The quantitative estimate of drug-likeness (QED) is 0.829. The number of hydrogen-bond donors (Lipinski definition) is 0. The van der Waals surface area contributed by atoms with Crippen molar-refractivity contribution in [2.45, 2.75) is 33.2 Å². The first-order valence-electron chi connectivity index (χ1n) is 7.17. The van der Waals surface area contributed by atoms with Crippen molar-refractivity contribution in [3.05, 3.63) is 50.0 Å². The molecular formula is C16H16ClFN2OS. The van der Waals surface area contributed by atoms with Gasteiger partial charge in [-0.1, -0.05) is 17.7 Å². The van der Waals surface area contributed by atoms with E-state index in [9.17, 15) is 9.18 Å². The Balaban J connectivity index is 2.02. The summed E-state index contributed by atoms with van der Waals surface area (Å²) >= 11 is 7.19. The molecule has 1 heterocycles. The van der Waals surface area contributed by atoms with E-state index in [2.05, 4.69) is 9.56 Å². The normalized spacial score (nSPS) is 15.4. The van der Waals surface area contributed by atoms with Gasteiger partial charge in [-0.15, -0.1) is 11.3 Å². The van der Waals surface area contributed by atoms with Crippen LogP contribution in [0.2, 0.25) is 5.02 Å². The second-order valence-corrected chi connectivity index (χ2v) is 7.19. The van der Waals surface area contributed by atoms with Crippen molar-refractivity contribution in [3.63, 3.8) is 0 Å². The molecule has 3 rings (SSSR count). The van der Waals surface area contributed by atoms with E-state index in [1.165, 1.54) is 36.3 Å². The molecule has 2 aromatic rings. The summed E-state index contributed by atoms with van der Waals surface area (Å²) in [5.74, 6) is -0.632. The topological polar surface area (TPSA) is 34.4 Å². The number of hydrogen-bond acceptors (Lipinski definition) is 2. The molecule has 0 N–H and O–H groups in total. The van der Waals surface area contributed by atoms with Crippen LogP contribution in [0.1, 0.15) is 33.8 Å². The molecule has 116 valence electrons. The molecule has 1 aromatic heterocycles. The fourth-order valence-electron chi connectivity index (χ4n) is 2.27. The second kappa shape index (κ2) is 5.97. The van der Waals surface area contributed by atoms with Crippen molar-refractivity contribution in [1.29, 1.82) is 0 Å². The lowest BCUT2D eigenvalue weighted by Gasteiger charge is -2.05. The number of rotatable bonds is 3. The number of carbonyl (C=O) groups excluding carboxylic acids is 1. The zero-order valence-corrected chi connectivity index (χ0v) is 14.0. The lowest BCUT2D eigenvalue weighted by Crippen LogP contribution is -2.19. The molecule has 1 saturated carbocycles. The highest BCUT2D eigenvalue weighted by atomic mass is 35.5. The fourth-order valence-corrected chi connectivity index (χ4v) is 3.43. The summed E-state index contributed by atoms with van der Waals surface area (Å²) in [7, 11) is 0. The van der Waals surface area contributed by atoms with E-state index >= 15 is 0 Å². The molecule has 0 bridgehead atoms. The number of amides is 1. The van der Waals surface area contributed by atoms with Gasteiger partial charge in [-0.25, -0.2) is 4.39 Å².